The van der Waals surface area contributed by atoms with Crippen LogP contribution in [-0.2, 0) is 19.6 Å². The maximum absolute atomic E-state index is 12.0. The number of hydrogen-bond acceptors (Lipinski definition) is 4. The lowest BCUT2D eigenvalue weighted by atomic mass is 10.1. The fraction of sp³-hybridized carbons (Fsp3) is 0.429. The number of hydrogen-bond donors (Lipinski definition) is 2. The van der Waals surface area contributed by atoms with Crippen LogP contribution >= 0.6 is 0 Å². The first-order valence-corrected chi connectivity index (χ1v) is 8.71. The lowest BCUT2D eigenvalue weighted by Crippen LogP contribution is -2.27. The Morgan fingerprint density at radius 3 is 2.55 bits per heavy atom. The van der Waals surface area contributed by atoms with Gasteiger partial charge < -0.3 is 10.2 Å². The normalized spacial score (nSPS) is 18.5. The third-order valence-corrected chi connectivity index (χ3v) is 4.39. The van der Waals surface area contributed by atoms with E-state index in [1.54, 1.807) is 36.1 Å². The Morgan fingerprint density at radius 1 is 1.36 bits per heavy atom. The molecule has 2 amide bonds. The molecule has 0 aromatic heterocycles. The Balaban J connectivity index is 2.05. The molecule has 0 saturated carbocycles. The van der Waals surface area contributed by atoms with Crippen LogP contribution in [0.25, 0.3) is 0 Å². The van der Waals surface area contributed by atoms with Gasteiger partial charge in [0, 0.05) is 36.7 Å². The molecule has 1 atom stereocenters. The standard InChI is InChI=1S/C14H19N3O4S/c1-2-13(18)16-11-3-5-12(6-4-11)17-8-10(7-14(17)19)9-22(15,20)21/h3-6,10H,2,7-9H2,1H3,(H,16,18)(H2,15,20,21). The summed E-state index contributed by atoms with van der Waals surface area (Å²) in [6.45, 7) is 2.09. The van der Waals surface area contributed by atoms with Crippen molar-refractivity contribution in [3.63, 3.8) is 0 Å². The number of sulfonamides is 1. The van der Waals surface area contributed by atoms with Gasteiger partial charge in [0.2, 0.25) is 21.8 Å². The van der Waals surface area contributed by atoms with E-state index in [4.69, 9.17) is 5.14 Å². The van der Waals surface area contributed by atoms with Crippen LogP contribution in [0.3, 0.4) is 0 Å². The van der Waals surface area contributed by atoms with Crippen LogP contribution in [0, 0.1) is 5.92 Å². The summed E-state index contributed by atoms with van der Waals surface area (Å²) in [7, 11) is -3.59. The van der Waals surface area contributed by atoms with Crippen molar-refractivity contribution in [2.45, 2.75) is 19.8 Å². The van der Waals surface area contributed by atoms with E-state index in [9.17, 15) is 18.0 Å². The van der Waals surface area contributed by atoms with Gasteiger partial charge in [-0.15, -0.1) is 0 Å². The predicted molar refractivity (Wildman–Crippen MR) is 83.8 cm³/mol. The Bertz CT molecular complexity index is 670. The second kappa shape index (κ2) is 6.45. The largest absolute Gasteiger partial charge is 0.326 e. The molecular weight excluding hydrogens is 306 g/mol. The smallest absolute Gasteiger partial charge is 0.227 e. The first-order chi connectivity index (χ1) is 10.3. The Hall–Kier alpha value is -1.93. The molecule has 7 nitrogen and oxygen atoms in total. The number of amides is 2. The summed E-state index contributed by atoms with van der Waals surface area (Å²) in [6, 6.07) is 6.87. The van der Waals surface area contributed by atoms with Crippen LogP contribution in [0.4, 0.5) is 11.4 Å². The van der Waals surface area contributed by atoms with E-state index in [1.165, 1.54) is 0 Å². The van der Waals surface area contributed by atoms with E-state index in [0.717, 1.165) is 0 Å². The van der Waals surface area contributed by atoms with E-state index in [2.05, 4.69) is 5.32 Å². The van der Waals surface area contributed by atoms with Crippen LogP contribution in [0.5, 0.6) is 0 Å². The van der Waals surface area contributed by atoms with Gasteiger partial charge in [0.25, 0.3) is 0 Å². The molecule has 22 heavy (non-hydrogen) atoms. The van der Waals surface area contributed by atoms with Gasteiger partial charge in [-0.05, 0) is 24.3 Å². The van der Waals surface area contributed by atoms with Crippen molar-refractivity contribution in [2.75, 3.05) is 22.5 Å². The summed E-state index contributed by atoms with van der Waals surface area (Å²) in [6.07, 6.45) is 0.562. The second-order valence-electron chi connectivity index (χ2n) is 5.35. The van der Waals surface area contributed by atoms with Crippen LogP contribution < -0.4 is 15.4 Å². The van der Waals surface area contributed by atoms with Gasteiger partial charge in [-0.25, -0.2) is 13.6 Å². The maximum atomic E-state index is 12.0. The van der Waals surface area contributed by atoms with Gasteiger partial charge in [0.1, 0.15) is 0 Å². The van der Waals surface area contributed by atoms with Crippen molar-refractivity contribution >= 4 is 33.2 Å². The van der Waals surface area contributed by atoms with Crippen molar-refractivity contribution in [1.82, 2.24) is 0 Å². The fourth-order valence-electron chi connectivity index (χ4n) is 2.45. The van der Waals surface area contributed by atoms with E-state index >= 15 is 0 Å². The van der Waals surface area contributed by atoms with Crippen LogP contribution in [0.15, 0.2) is 24.3 Å². The Morgan fingerprint density at radius 2 is 2.00 bits per heavy atom. The SMILES string of the molecule is CCC(=O)Nc1ccc(N2CC(CS(N)(=O)=O)CC2=O)cc1. The van der Waals surface area contributed by atoms with Crippen molar-refractivity contribution in [1.29, 1.82) is 0 Å². The molecule has 8 heteroatoms. The molecule has 2 rings (SSSR count). The molecule has 1 heterocycles. The maximum Gasteiger partial charge on any atom is 0.227 e. The van der Waals surface area contributed by atoms with Crippen LogP contribution in [0.2, 0.25) is 0 Å². The molecule has 1 unspecified atom stereocenters. The number of anilines is 2. The molecule has 1 aliphatic rings. The zero-order chi connectivity index (χ0) is 16.3. The molecule has 1 saturated heterocycles. The Kier molecular flexibility index (Phi) is 4.82. The first kappa shape index (κ1) is 16.4. The number of carbonyl (C=O) groups is 2. The van der Waals surface area contributed by atoms with Crippen LogP contribution in [-0.4, -0.2) is 32.5 Å². The second-order valence-corrected chi connectivity index (χ2v) is 7.01. The molecule has 0 aliphatic carbocycles. The highest BCUT2D eigenvalue weighted by Crippen LogP contribution is 2.26. The molecular formula is C14H19N3O4S. The summed E-state index contributed by atoms with van der Waals surface area (Å²) >= 11 is 0. The third kappa shape index (κ3) is 4.28. The van der Waals surface area contributed by atoms with Crippen LogP contribution in [0.1, 0.15) is 19.8 Å². The molecule has 0 bridgehead atoms. The fourth-order valence-corrected chi connectivity index (χ4v) is 3.33. The number of nitrogens with two attached hydrogens (primary N) is 1. The average Bonchev–Trinajstić information content (AvgIpc) is 2.78. The molecule has 1 fully saturated rings. The van der Waals surface area contributed by atoms with Gasteiger partial charge in [-0.1, -0.05) is 6.92 Å². The molecule has 3 N–H and O–H groups in total. The minimum absolute atomic E-state index is 0.0850. The topological polar surface area (TPSA) is 110 Å². The predicted octanol–water partition coefficient (Wildman–Crippen LogP) is 0.677. The van der Waals surface area contributed by atoms with Crippen molar-refractivity contribution in [3.8, 4) is 0 Å². The minimum Gasteiger partial charge on any atom is -0.326 e. The zero-order valence-electron chi connectivity index (χ0n) is 12.3. The lowest BCUT2D eigenvalue weighted by Gasteiger charge is -2.17. The number of nitrogens with one attached hydrogen (secondary N) is 1. The van der Waals surface area contributed by atoms with Crippen molar-refractivity contribution in [2.24, 2.45) is 11.1 Å². The molecule has 1 aromatic carbocycles. The highest BCUT2D eigenvalue weighted by Gasteiger charge is 2.32. The average molecular weight is 325 g/mol. The number of primary sulfonamides is 1. The van der Waals surface area contributed by atoms with Gasteiger partial charge in [-0.3, -0.25) is 9.59 Å². The number of nitrogens with zero attached hydrogens (tertiary/aromatic N) is 1. The zero-order valence-corrected chi connectivity index (χ0v) is 13.1. The summed E-state index contributed by atoms with van der Waals surface area (Å²) in [4.78, 5) is 24.8. The quantitative estimate of drug-likeness (QED) is 0.829. The summed E-state index contributed by atoms with van der Waals surface area (Å²) in [5.74, 6) is -0.695. The molecule has 1 aromatic rings. The molecule has 0 spiro atoms. The van der Waals surface area contributed by atoms with Gasteiger partial charge >= 0.3 is 0 Å². The van der Waals surface area contributed by atoms with E-state index in [0.29, 0.717) is 24.3 Å². The summed E-state index contributed by atoms with van der Waals surface area (Å²) in [5.41, 5.74) is 1.33. The van der Waals surface area contributed by atoms with Crippen molar-refractivity contribution < 1.29 is 18.0 Å². The summed E-state index contributed by atoms with van der Waals surface area (Å²) < 4.78 is 22.2. The minimum atomic E-state index is -3.59. The van der Waals surface area contributed by atoms with E-state index < -0.39 is 10.0 Å². The molecule has 0 radical (unpaired) electrons. The van der Waals surface area contributed by atoms with Gasteiger partial charge in [0.05, 0.1) is 5.75 Å². The van der Waals surface area contributed by atoms with E-state index in [1.807, 2.05) is 0 Å². The highest BCUT2D eigenvalue weighted by molar-refractivity contribution is 7.89. The molecule has 120 valence electrons. The highest BCUT2D eigenvalue weighted by atomic mass is 32.2. The first-order valence-electron chi connectivity index (χ1n) is 6.99. The molecule has 1 aliphatic heterocycles. The Labute approximate surface area is 129 Å². The van der Waals surface area contributed by atoms with Crippen molar-refractivity contribution in [3.05, 3.63) is 24.3 Å². The van der Waals surface area contributed by atoms with Gasteiger partial charge in [-0.2, -0.15) is 0 Å². The lowest BCUT2D eigenvalue weighted by molar-refractivity contribution is -0.117. The van der Waals surface area contributed by atoms with E-state index in [-0.39, 0.29) is 29.9 Å². The van der Waals surface area contributed by atoms with Gasteiger partial charge in [0.15, 0.2) is 0 Å². The summed E-state index contributed by atoms with van der Waals surface area (Å²) in [5, 5.41) is 7.75. The monoisotopic (exact) mass is 325 g/mol. The third-order valence-electron chi connectivity index (χ3n) is 3.46. The number of benzene rings is 1. The number of rotatable bonds is 5. The number of carbonyl (C=O) groups excluding carboxylic acids is 2.